The Morgan fingerprint density at radius 2 is 2.00 bits per heavy atom. The molecule has 0 aliphatic carbocycles. The van der Waals surface area contributed by atoms with Gasteiger partial charge in [0.1, 0.15) is 0 Å². The van der Waals surface area contributed by atoms with Crippen molar-refractivity contribution in [2.75, 3.05) is 13.1 Å². The fraction of sp³-hybridized carbons (Fsp3) is 0.571. The number of benzene rings is 1. The van der Waals surface area contributed by atoms with Crippen LogP contribution in [0.15, 0.2) is 18.2 Å². The Labute approximate surface area is 114 Å². The van der Waals surface area contributed by atoms with Crippen LogP contribution in [0, 0.1) is 0 Å². The van der Waals surface area contributed by atoms with Gasteiger partial charge in [-0.1, -0.05) is 23.7 Å². The summed E-state index contributed by atoms with van der Waals surface area (Å²) in [6.07, 6.45) is 0.576. The molecule has 1 saturated heterocycles. The summed E-state index contributed by atoms with van der Waals surface area (Å²) in [4.78, 5) is 2.39. The van der Waals surface area contributed by atoms with Gasteiger partial charge in [0.15, 0.2) is 0 Å². The average Bonchev–Trinajstić information content (AvgIpc) is 2.30. The maximum Gasteiger partial charge on any atom is 0.0678 e. The van der Waals surface area contributed by atoms with Crippen LogP contribution in [0.25, 0.3) is 0 Å². The molecule has 0 saturated carbocycles. The van der Waals surface area contributed by atoms with Gasteiger partial charge in [-0.25, -0.2) is 0 Å². The van der Waals surface area contributed by atoms with E-state index in [0.717, 1.165) is 35.8 Å². The van der Waals surface area contributed by atoms with Crippen LogP contribution in [0.1, 0.15) is 25.0 Å². The highest BCUT2D eigenvalue weighted by Crippen LogP contribution is 2.21. The Morgan fingerprint density at radius 3 is 2.56 bits per heavy atom. The number of morpholine rings is 1. The molecule has 1 fully saturated rings. The van der Waals surface area contributed by atoms with E-state index in [4.69, 9.17) is 22.1 Å². The van der Waals surface area contributed by atoms with Crippen molar-refractivity contribution in [2.24, 2.45) is 5.73 Å². The predicted octanol–water partition coefficient (Wildman–Crippen LogP) is 2.41. The molecular formula is C14H21ClN2O. The van der Waals surface area contributed by atoms with Gasteiger partial charge in [0.05, 0.1) is 12.2 Å². The van der Waals surface area contributed by atoms with Gasteiger partial charge >= 0.3 is 0 Å². The molecule has 0 spiro atoms. The van der Waals surface area contributed by atoms with Crippen molar-refractivity contribution in [2.45, 2.75) is 39.1 Å². The van der Waals surface area contributed by atoms with Gasteiger partial charge in [-0.15, -0.1) is 0 Å². The summed E-state index contributed by atoms with van der Waals surface area (Å²) in [5, 5.41) is 0.810. The van der Waals surface area contributed by atoms with E-state index < -0.39 is 0 Å². The number of hydrogen-bond acceptors (Lipinski definition) is 3. The number of nitrogens with zero attached hydrogens (tertiary/aromatic N) is 1. The monoisotopic (exact) mass is 268 g/mol. The highest BCUT2D eigenvalue weighted by Gasteiger charge is 2.22. The van der Waals surface area contributed by atoms with Crippen molar-refractivity contribution in [3.05, 3.63) is 34.3 Å². The molecule has 2 unspecified atom stereocenters. The zero-order valence-corrected chi connectivity index (χ0v) is 11.8. The molecule has 1 aromatic carbocycles. The molecule has 2 atom stereocenters. The van der Waals surface area contributed by atoms with E-state index in [1.807, 2.05) is 6.07 Å². The minimum absolute atomic E-state index is 0.288. The molecule has 2 N–H and O–H groups in total. The zero-order valence-electron chi connectivity index (χ0n) is 11.0. The van der Waals surface area contributed by atoms with Gasteiger partial charge in [-0.05, 0) is 31.0 Å². The molecule has 3 nitrogen and oxygen atoms in total. The van der Waals surface area contributed by atoms with Gasteiger partial charge in [0.25, 0.3) is 0 Å². The lowest BCUT2D eigenvalue weighted by Gasteiger charge is -2.35. The van der Waals surface area contributed by atoms with E-state index in [2.05, 4.69) is 30.9 Å². The summed E-state index contributed by atoms with van der Waals surface area (Å²) >= 11 is 6.29. The third-order valence-corrected chi connectivity index (χ3v) is 3.59. The minimum Gasteiger partial charge on any atom is -0.373 e. The number of halogens is 1. The zero-order chi connectivity index (χ0) is 13.1. The Bertz CT molecular complexity index is 401. The second-order valence-electron chi connectivity index (χ2n) is 5.08. The van der Waals surface area contributed by atoms with Crippen LogP contribution in [-0.2, 0) is 17.8 Å². The number of hydrogen-bond donors (Lipinski definition) is 1. The molecular weight excluding hydrogens is 248 g/mol. The van der Waals surface area contributed by atoms with Crippen molar-refractivity contribution in [1.29, 1.82) is 0 Å². The minimum atomic E-state index is 0.288. The summed E-state index contributed by atoms with van der Waals surface area (Å²) in [7, 11) is 0. The molecule has 4 heteroatoms. The molecule has 1 aliphatic heterocycles. The first-order chi connectivity index (χ1) is 8.58. The Morgan fingerprint density at radius 1 is 1.33 bits per heavy atom. The van der Waals surface area contributed by atoms with Gasteiger partial charge in [-0.3, -0.25) is 4.90 Å². The number of ether oxygens (including phenoxy) is 1. The van der Waals surface area contributed by atoms with Crippen LogP contribution in [-0.4, -0.2) is 30.2 Å². The van der Waals surface area contributed by atoms with E-state index in [1.165, 1.54) is 0 Å². The Balaban J connectivity index is 2.04. The SMILES string of the molecule is CC1CN(Cc2ccc(CN)cc2Cl)CC(C)O1. The van der Waals surface area contributed by atoms with Crippen molar-refractivity contribution in [3.8, 4) is 0 Å². The maximum absolute atomic E-state index is 6.29. The van der Waals surface area contributed by atoms with Crippen LogP contribution in [0.2, 0.25) is 5.02 Å². The highest BCUT2D eigenvalue weighted by molar-refractivity contribution is 6.31. The Kier molecular flexibility index (Phi) is 4.62. The molecule has 0 aromatic heterocycles. The normalized spacial score (nSPS) is 25.3. The molecule has 1 aliphatic rings. The number of nitrogens with two attached hydrogens (primary N) is 1. The first-order valence-electron chi connectivity index (χ1n) is 6.43. The van der Waals surface area contributed by atoms with E-state index in [1.54, 1.807) is 0 Å². The summed E-state index contributed by atoms with van der Waals surface area (Å²) in [6, 6.07) is 6.09. The highest BCUT2D eigenvalue weighted by atomic mass is 35.5. The first kappa shape index (κ1) is 13.8. The standard InChI is InChI=1S/C14H21ClN2O/c1-10-7-17(8-11(2)18-10)9-13-4-3-12(6-16)5-14(13)15/h3-5,10-11H,6-9,16H2,1-2H3. The van der Waals surface area contributed by atoms with E-state index in [-0.39, 0.29) is 12.2 Å². The van der Waals surface area contributed by atoms with Gasteiger partial charge in [-0.2, -0.15) is 0 Å². The van der Waals surface area contributed by atoms with Crippen LogP contribution < -0.4 is 5.73 Å². The predicted molar refractivity (Wildman–Crippen MR) is 74.6 cm³/mol. The average molecular weight is 269 g/mol. The van der Waals surface area contributed by atoms with Crippen molar-refractivity contribution in [3.63, 3.8) is 0 Å². The number of rotatable bonds is 3. The van der Waals surface area contributed by atoms with Crippen LogP contribution in [0.5, 0.6) is 0 Å². The smallest absolute Gasteiger partial charge is 0.0678 e. The topological polar surface area (TPSA) is 38.5 Å². The quantitative estimate of drug-likeness (QED) is 0.915. The van der Waals surface area contributed by atoms with E-state index >= 15 is 0 Å². The molecule has 2 rings (SSSR count). The molecule has 1 aromatic rings. The van der Waals surface area contributed by atoms with E-state index in [0.29, 0.717) is 6.54 Å². The summed E-state index contributed by atoms with van der Waals surface area (Å²) in [5.41, 5.74) is 7.84. The lowest BCUT2D eigenvalue weighted by Crippen LogP contribution is -2.44. The lowest BCUT2D eigenvalue weighted by atomic mass is 10.1. The van der Waals surface area contributed by atoms with Gasteiger partial charge < -0.3 is 10.5 Å². The first-order valence-corrected chi connectivity index (χ1v) is 6.81. The van der Waals surface area contributed by atoms with Gasteiger partial charge in [0, 0.05) is 31.2 Å². The molecule has 0 bridgehead atoms. The van der Waals surface area contributed by atoms with Crippen LogP contribution >= 0.6 is 11.6 Å². The van der Waals surface area contributed by atoms with Crippen LogP contribution in [0.3, 0.4) is 0 Å². The summed E-state index contributed by atoms with van der Waals surface area (Å²) in [5.74, 6) is 0. The lowest BCUT2D eigenvalue weighted by molar-refractivity contribution is -0.0704. The maximum atomic E-state index is 6.29. The molecule has 100 valence electrons. The molecule has 18 heavy (non-hydrogen) atoms. The fourth-order valence-corrected chi connectivity index (χ4v) is 2.76. The summed E-state index contributed by atoms with van der Waals surface area (Å²) < 4.78 is 5.73. The Hall–Kier alpha value is -0.610. The van der Waals surface area contributed by atoms with Crippen LogP contribution in [0.4, 0.5) is 0 Å². The molecule has 0 amide bonds. The molecule has 0 radical (unpaired) electrons. The van der Waals surface area contributed by atoms with Crippen molar-refractivity contribution < 1.29 is 4.74 Å². The second kappa shape index (κ2) is 6.02. The third-order valence-electron chi connectivity index (χ3n) is 3.24. The van der Waals surface area contributed by atoms with Gasteiger partial charge in [0.2, 0.25) is 0 Å². The van der Waals surface area contributed by atoms with Crippen molar-refractivity contribution in [1.82, 2.24) is 4.90 Å². The van der Waals surface area contributed by atoms with E-state index in [9.17, 15) is 0 Å². The third kappa shape index (κ3) is 3.45. The van der Waals surface area contributed by atoms with Crippen molar-refractivity contribution >= 4 is 11.6 Å². The summed E-state index contributed by atoms with van der Waals surface area (Å²) in [6.45, 7) is 7.55. The second-order valence-corrected chi connectivity index (χ2v) is 5.49. The fourth-order valence-electron chi connectivity index (χ4n) is 2.50. The molecule has 1 heterocycles. The largest absolute Gasteiger partial charge is 0.373 e.